The monoisotopic (exact) mass is 387 g/mol. The quantitative estimate of drug-likeness (QED) is 0.753. The van der Waals surface area contributed by atoms with Crippen molar-refractivity contribution < 1.29 is 13.2 Å². The summed E-state index contributed by atoms with van der Waals surface area (Å²) >= 11 is 0. The molecule has 1 atom stereocenters. The molecule has 3 N–H and O–H groups in total. The Kier molecular flexibility index (Phi) is 7.19. The van der Waals surface area contributed by atoms with Gasteiger partial charge in [0, 0.05) is 31.2 Å². The van der Waals surface area contributed by atoms with Crippen LogP contribution < -0.4 is 11.1 Å². The standard InChI is InChI=1S/C17H25N3O3S.ClH/c1-4-9-19-16(21)13-6-5-7-14(11-13)24(22,23)20-10-8-15(18)17(2,3)12-20;/h4-7,11,15H,1,8-10,12,18H2,2-3H3,(H,19,21);1H. The molecule has 0 bridgehead atoms. The summed E-state index contributed by atoms with van der Waals surface area (Å²) < 4.78 is 27.3. The first kappa shape index (κ1) is 21.6. The number of nitrogens with two attached hydrogens (primary N) is 1. The lowest BCUT2D eigenvalue weighted by Gasteiger charge is -2.41. The number of amides is 1. The van der Waals surface area contributed by atoms with E-state index in [2.05, 4.69) is 11.9 Å². The minimum atomic E-state index is -3.66. The minimum Gasteiger partial charge on any atom is -0.349 e. The molecule has 140 valence electrons. The summed E-state index contributed by atoms with van der Waals surface area (Å²) in [5.74, 6) is -0.326. The normalized spacial score (nSPS) is 20.4. The van der Waals surface area contributed by atoms with Gasteiger partial charge in [0.2, 0.25) is 10.0 Å². The molecule has 1 unspecified atom stereocenters. The van der Waals surface area contributed by atoms with Crippen LogP contribution in [0.4, 0.5) is 0 Å². The summed E-state index contributed by atoms with van der Waals surface area (Å²) in [4.78, 5) is 12.1. The van der Waals surface area contributed by atoms with Crippen LogP contribution in [0.2, 0.25) is 0 Å². The molecule has 0 radical (unpaired) electrons. The predicted molar refractivity (Wildman–Crippen MR) is 101 cm³/mol. The summed E-state index contributed by atoms with van der Waals surface area (Å²) in [5.41, 5.74) is 6.11. The summed E-state index contributed by atoms with van der Waals surface area (Å²) in [6.07, 6.45) is 2.18. The fourth-order valence-corrected chi connectivity index (χ4v) is 4.42. The molecule has 0 aliphatic carbocycles. The van der Waals surface area contributed by atoms with Crippen molar-refractivity contribution in [2.75, 3.05) is 19.6 Å². The number of nitrogens with zero attached hydrogens (tertiary/aromatic N) is 1. The number of nitrogens with one attached hydrogen (secondary N) is 1. The van der Waals surface area contributed by atoms with Gasteiger partial charge in [-0.3, -0.25) is 4.79 Å². The predicted octanol–water partition coefficient (Wildman–Crippen LogP) is 1.77. The first-order valence-corrected chi connectivity index (χ1v) is 9.37. The van der Waals surface area contributed by atoms with Crippen LogP contribution in [-0.4, -0.2) is 44.3 Å². The maximum atomic E-state index is 12.9. The number of carbonyl (C=O) groups is 1. The lowest BCUT2D eigenvalue weighted by Crippen LogP contribution is -2.53. The third-order valence-corrected chi connectivity index (χ3v) is 6.26. The van der Waals surface area contributed by atoms with Crippen molar-refractivity contribution in [1.29, 1.82) is 0 Å². The van der Waals surface area contributed by atoms with Gasteiger partial charge in [-0.15, -0.1) is 19.0 Å². The number of halogens is 1. The number of piperidine rings is 1. The van der Waals surface area contributed by atoms with Gasteiger partial charge in [0.15, 0.2) is 0 Å². The van der Waals surface area contributed by atoms with E-state index in [-0.39, 0.29) is 34.7 Å². The topological polar surface area (TPSA) is 92.5 Å². The van der Waals surface area contributed by atoms with Crippen molar-refractivity contribution in [2.45, 2.75) is 31.2 Å². The van der Waals surface area contributed by atoms with Gasteiger partial charge < -0.3 is 11.1 Å². The van der Waals surface area contributed by atoms with Crippen molar-refractivity contribution in [2.24, 2.45) is 11.1 Å². The maximum Gasteiger partial charge on any atom is 0.251 e. The van der Waals surface area contributed by atoms with Crippen molar-refractivity contribution >= 4 is 28.3 Å². The van der Waals surface area contributed by atoms with E-state index in [4.69, 9.17) is 5.73 Å². The molecule has 1 saturated heterocycles. The molecule has 1 aromatic carbocycles. The van der Waals surface area contributed by atoms with E-state index in [1.807, 2.05) is 13.8 Å². The van der Waals surface area contributed by atoms with Crippen LogP contribution in [0.1, 0.15) is 30.6 Å². The number of hydrogen-bond donors (Lipinski definition) is 2. The first-order valence-electron chi connectivity index (χ1n) is 7.93. The molecule has 1 aliphatic rings. The van der Waals surface area contributed by atoms with Crippen LogP contribution in [-0.2, 0) is 10.0 Å². The Labute approximate surface area is 155 Å². The summed E-state index contributed by atoms with van der Waals surface area (Å²) in [6.45, 7) is 8.56. The van der Waals surface area contributed by atoms with Crippen molar-refractivity contribution in [3.63, 3.8) is 0 Å². The van der Waals surface area contributed by atoms with Crippen LogP contribution in [0.5, 0.6) is 0 Å². The van der Waals surface area contributed by atoms with E-state index in [9.17, 15) is 13.2 Å². The molecular formula is C17H26ClN3O3S. The third kappa shape index (κ3) is 4.82. The zero-order valence-electron chi connectivity index (χ0n) is 14.6. The fraction of sp³-hybridized carbons (Fsp3) is 0.471. The van der Waals surface area contributed by atoms with E-state index < -0.39 is 10.0 Å². The Morgan fingerprint density at radius 3 is 2.76 bits per heavy atom. The Balaban J connectivity index is 0.00000312. The average molecular weight is 388 g/mol. The molecule has 6 nitrogen and oxygen atoms in total. The zero-order valence-corrected chi connectivity index (χ0v) is 16.2. The fourth-order valence-electron chi connectivity index (χ4n) is 2.74. The molecule has 1 fully saturated rings. The van der Waals surface area contributed by atoms with Gasteiger partial charge in [-0.05, 0) is 30.0 Å². The lowest BCUT2D eigenvalue weighted by molar-refractivity contribution is 0.0958. The second-order valence-corrected chi connectivity index (χ2v) is 8.69. The van der Waals surface area contributed by atoms with Gasteiger partial charge in [0.05, 0.1) is 4.90 Å². The molecular weight excluding hydrogens is 362 g/mol. The summed E-state index contributed by atoms with van der Waals surface area (Å²) in [6, 6.07) is 6.07. The number of rotatable bonds is 5. The van der Waals surface area contributed by atoms with Gasteiger partial charge in [-0.2, -0.15) is 4.31 Å². The SMILES string of the molecule is C=CCNC(=O)c1cccc(S(=O)(=O)N2CCC(N)C(C)(C)C2)c1.Cl. The third-order valence-electron chi connectivity index (χ3n) is 4.42. The molecule has 1 aromatic rings. The second-order valence-electron chi connectivity index (χ2n) is 6.75. The number of hydrogen-bond acceptors (Lipinski definition) is 4. The van der Waals surface area contributed by atoms with E-state index in [1.54, 1.807) is 18.2 Å². The van der Waals surface area contributed by atoms with Crippen molar-refractivity contribution in [3.05, 3.63) is 42.5 Å². The smallest absolute Gasteiger partial charge is 0.251 e. The number of carbonyl (C=O) groups excluding carboxylic acids is 1. The number of benzene rings is 1. The summed E-state index contributed by atoms with van der Waals surface area (Å²) in [7, 11) is -3.66. The number of sulfonamides is 1. The van der Waals surface area contributed by atoms with Gasteiger partial charge in [-0.25, -0.2) is 8.42 Å². The van der Waals surface area contributed by atoms with E-state index in [0.717, 1.165) is 0 Å². The van der Waals surface area contributed by atoms with Gasteiger partial charge in [-0.1, -0.05) is 26.0 Å². The molecule has 2 rings (SSSR count). The highest BCUT2D eigenvalue weighted by atomic mass is 35.5. The van der Waals surface area contributed by atoms with Gasteiger partial charge in [0.1, 0.15) is 0 Å². The highest BCUT2D eigenvalue weighted by Gasteiger charge is 2.38. The minimum absolute atomic E-state index is 0. The molecule has 1 amide bonds. The van der Waals surface area contributed by atoms with Crippen LogP contribution in [0.3, 0.4) is 0 Å². The van der Waals surface area contributed by atoms with Crippen LogP contribution in [0.25, 0.3) is 0 Å². The molecule has 1 aliphatic heterocycles. The van der Waals surface area contributed by atoms with Gasteiger partial charge >= 0.3 is 0 Å². The van der Waals surface area contributed by atoms with Crippen LogP contribution in [0.15, 0.2) is 41.8 Å². The zero-order chi connectivity index (χ0) is 18.0. The molecule has 0 saturated carbocycles. The van der Waals surface area contributed by atoms with Crippen molar-refractivity contribution in [3.8, 4) is 0 Å². The first-order chi connectivity index (χ1) is 11.2. The Hall–Kier alpha value is -1.41. The Bertz CT molecular complexity index is 734. The average Bonchev–Trinajstić information content (AvgIpc) is 2.55. The molecule has 25 heavy (non-hydrogen) atoms. The maximum absolute atomic E-state index is 12.9. The summed E-state index contributed by atoms with van der Waals surface area (Å²) in [5, 5.41) is 2.64. The largest absolute Gasteiger partial charge is 0.349 e. The Morgan fingerprint density at radius 2 is 2.16 bits per heavy atom. The molecule has 1 heterocycles. The van der Waals surface area contributed by atoms with E-state index in [0.29, 0.717) is 31.6 Å². The highest BCUT2D eigenvalue weighted by Crippen LogP contribution is 2.31. The van der Waals surface area contributed by atoms with Crippen molar-refractivity contribution in [1.82, 2.24) is 9.62 Å². The molecule has 8 heteroatoms. The van der Waals surface area contributed by atoms with E-state index in [1.165, 1.54) is 16.4 Å². The Morgan fingerprint density at radius 1 is 1.48 bits per heavy atom. The molecule has 0 spiro atoms. The lowest BCUT2D eigenvalue weighted by atomic mass is 9.81. The molecule has 0 aromatic heterocycles. The highest BCUT2D eigenvalue weighted by molar-refractivity contribution is 7.89. The van der Waals surface area contributed by atoms with Gasteiger partial charge in [0.25, 0.3) is 5.91 Å². The van der Waals surface area contributed by atoms with Crippen LogP contribution in [0, 0.1) is 5.41 Å². The van der Waals surface area contributed by atoms with E-state index >= 15 is 0 Å². The second kappa shape index (κ2) is 8.31. The van der Waals surface area contributed by atoms with Crippen LogP contribution >= 0.6 is 12.4 Å².